The van der Waals surface area contributed by atoms with Crippen LogP contribution in [0.5, 0.6) is 5.75 Å². The second-order valence-electron chi connectivity index (χ2n) is 6.38. The summed E-state index contributed by atoms with van der Waals surface area (Å²) in [6, 6.07) is 8.10. The number of nitrogens with one attached hydrogen (secondary N) is 1. The predicted molar refractivity (Wildman–Crippen MR) is 114 cm³/mol. The molecule has 1 aliphatic carbocycles. The number of guanidine groups is 1. The van der Waals surface area contributed by atoms with Crippen LogP contribution in [0.4, 0.5) is 0 Å². The lowest BCUT2D eigenvalue weighted by Crippen LogP contribution is -2.41. The van der Waals surface area contributed by atoms with Crippen molar-refractivity contribution in [3.8, 4) is 5.75 Å². The van der Waals surface area contributed by atoms with Gasteiger partial charge in [-0.1, -0.05) is 18.2 Å². The van der Waals surface area contributed by atoms with Crippen molar-refractivity contribution in [3.05, 3.63) is 29.8 Å². The first-order valence-corrected chi connectivity index (χ1v) is 8.88. The number of halogens is 1. The Morgan fingerprint density at radius 2 is 2.04 bits per heavy atom. The Hall–Kier alpha value is -1.02. The second-order valence-corrected chi connectivity index (χ2v) is 6.38. The Labute approximate surface area is 169 Å². The lowest BCUT2D eigenvalue weighted by atomic mass is 10.2. The molecule has 1 fully saturated rings. The highest BCUT2D eigenvalue weighted by Crippen LogP contribution is 2.28. The van der Waals surface area contributed by atoms with E-state index in [0.717, 1.165) is 50.4 Å². The van der Waals surface area contributed by atoms with E-state index in [0.29, 0.717) is 6.61 Å². The SMILES string of the molecule is CN=C(NCCCOc1ccccc1C)N(C)CCOCC1CC1.I. The number of benzene rings is 1. The molecular weight excluding hydrogens is 429 g/mol. The number of hydrogen-bond acceptors (Lipinski definition) is 3. The van der Waals surface area contributed by atoms with Crippen LogP contribution < -0.4 is 10.1 Å². The van der Waals surface area contributed by atoms with Gasteiger partial charge in [0.1, 0.15) is 5.75 Å². The number of ether oxygens (including phenoxy) is 2. The third-order valence-corrected chi connectivity index (χ3v) is 4.15. The largest absolute Gasteiger partial charge is 0.493 e. The minimum Gasteiger partial charge on any atom is -0.493 e. The summed E-state index contributed by atoms with van der Waals surface area (Å²) in [6.07, 6.45) is 3.60. The number of aliphatic imine (C=N–C) groups is 1. The topological polar surface area (TPSA) is 46.1 Å². The van der Waals surface area contributed by atoms with Crippen molar-refractivity contribution in [2.24, 2.45) is 10.9 Å². The summed E-state index contributed by atoms with van der Waals surface area (Å²) in [5, 5.41) is 3.37. The van der Waals surface area contributed by atoms with Gasteiger partial charge in [-0.15, -0.1) is 24.0 Å². The van der Waals surface area contributed by atoms with Crippen molar-refractivity contribution in [1.82, 2.24) is 10.2 Å². The van der Waals surface area contributed by atoms with Gasteiger partial charge >= 0.3 is 0 Å². The molecule has 0 radical (unpaired) electrons. The molecule has 25 heavy (non-hydrogen) atoms. The molecule has 1 aromatic carbocycles. The fraction of sp³-hybridized carbons (Fsp3) is 0.632. The molecular formula is C19H32IN3O2. The maximum atomic E-state index is 5.81. The zero-order valence-corrected chi connectivity index (χ0v) is 18.0. The van der Waals surface area contributed by atoms with Gasteiger partial charge in [0.2, 0.25) is 0 Å². The maximum absolute atomic E-state index is 5.81. The van der Waals surface area contributed by atoms with Crippen molar-refractivity contribution in [3.63, 3.8) is 0 Å². The molecule has 1 saturated carbocycles. The fourth-order valence-electron chi connectivity index (χ4n) is 2.40. The minimum absolute atomic E-state index is 0. The molecule has 0 saturated heterocycles. The molecule has 0 heterocycles. The summed E-state index contributed by atoms with van der Waals surface area (Å²) in [6.45, 7) is 6.12. The third-order valence-electron chi connectivity index (χ3n) is 4.15. The highest BCUT2D eigenvalue weighted by molar-refractivity contribution is 14.0. The molecule has 1 N–H and O–H groups in total. The van der Waals surface area contributed by atoms with Gasteiger partial charge in [-0.05, 0) is 43.7 Å². The highest BCUT2D eigenvalue weighted by Gasteiger charge is 2.21. The Bertz CT molecular complexity index is 521. The van der Waals surface area contributed by atoms with E-state index in [4.69, 9.17) is 9.47 Å². The first-order chi connectivity index (χ1) is 11.7. The van der Waals surface area contributed by atoms with E-state index in [2.05, 4.69) is 28.2 Å². The van der Waals surface area contributed by atoms with Gasteiger partial charge in [0.05, 0.1) is 13.2 Å². The average Bonchev–Trinajstić information content (AvgIpc) is 3.40. The van der Waals surface area contributed by atoms with Crippen LogP contribution in [-0.2, 0) is 4.74 Å². The normalized spacial score (nSPS) is 14.0. The predicted octanol–water partition coefficient (Wildman–Crippen LogP) is 3.32. The average molecular weight is 461 g/mol. The standard InChI is InChI=1S/C19H31N3O2.HI/c1-16-7-4-5-8-18(16)24-13-6-11-21-19(20-2)22(3)12-14-23-15-17-9-10-17;/h4-5,7-8,17H,6,9-15H2,1-3H3,(H,20,21);1H. The van der Waals surface area contributed by atoms with Gasteiger partial charge in [0.15, 0.2) is 5.96 Å². The molecule has 2 rings (SSSR count). The number of nitrogens with zero attached hydrogens (tertiary/aromatic N) is 2. The molecule has 0 bridgehead atoms. The third kappa shape index (κ3) is 8.76. The van der Waals surface area contributed by atoms with Crippen LogP contribution in [0.2, 0.25) is 0 Å². The van der Waals surface area contributed by atoms with Crippen LogP contribution >= 0.6 is 24.0 Å². The summed E-state index contributed by atoms with van der Waals surface area (Å²) in [4.78, 5) is 6.43. The molecule has 6 heteroatoms. The van der Waals surface area contributed by atoms with Crippen LogP contribution in [0, 0.1) is 12.8 Å². The minimum atomic E-state index is 0. The van der Waals surface area contributed by atoms with Crippen LogP contribution in [-0.4, -0.2) is 57.9 Å². The molecule has 0 amide bonds. The lowest BCUT2D eigenvalue weighted by molar-refractivity contribution is 0.115. The molecule has 0 spiro atoms. The van der Waals surface area contributed by atoms with Gasteiger partial charge in [0, 0.05) is 33.8 Å². The number of hydrogen-bond donors (Lipinski definition) is 1. The summed E-state index contributed by atoms with van der Waals surface area (Å²) in [5.74, 6) is 2.69. The van der Waals surface area contributed by atoms with Crippen molar-refractivity contribution < 1.29 is 9.47 Å². The number of likely N-dealkylation sites (N-methyl/N-ethyl adjacent to an activating group) is 1. The van der Waals surface area contributed by atoms with Crippen molar-refractivity contribution in [2.45, 2.75) is 26.2 Å². The van der Waals surface area contributed by atoms with E-state index >= 15 is 0 Å². The molecule has 0 atom stereocenters. The van der Waals surface area contributed by atoms with E-state index in [9.17, 15) is 0 Å². The lowest BCUT2D eigenvalue weighted by Gasteiger charge is -2.22. The highest BCUT2D eigenvalue weighted by atomic mass is 127. The molecule has 1 aromatic rings. The summed E-state index contributed by atoms with van der Waals surface area (Å²) in [7, 11) is 3.85. The number of para-hydroxylation sites is 1. The van der Waals surface area contributed by atoms with Crippen molar-refractivity contribution >= 4 is 29.9 Å². The smallest absolute Gasteiger partial charge is 0.193 e. The fourth-order valence-corrected chi connectivity index (χ4v) is 2.40. The van der Waals surface area contributed by atoms with Gasteiger partial charge in [-0.25, -0.2) is 0 Å². The zero-order chi connectivity index (χ0) is 17.2. The molecule has 1 aliphatic rings. The maximum Gasteiger partial charge on any atom is 0.193 e. The Morgan fingerprint density at radius 1 is 1.28 bits per heavy atom. The molecule has 5 nitrogen and oxygen atoms in total. The Kier molecular flexibility index (Phi) is 10.9. The summed E-state index contributed by atoms with van der Waals surface area (Å²) < 4.78 is 11.5. The number of rotatable bonds is 10. The van der Waals surface area contributed by atoms with E-state index in [1.165, 1.54) is 18.4 Å². The van der Waals surface area contributed by atoms with E-state index in [-0.39, 0.29) is 24.0 Å². The first kappa shape index (κ1) is 22.0. The first-order valence-electron chi connectivity index (χ1n) is 8.88. The Morgan fingerprint density at radius 3 is 2.72 bits per heavy atom. The quantitative estimate of drug-likeness (QED) is 0.251. The monoisotopic (exact) mass is 461 g/mol. The summed E-state index contributed by atoms with van der Waals surface area (Å²) >= 11 is 0. The van der Waals surface area contributed by atoms with Crippen molar-refractivity contribution in [2.75, 3.05) is 47.0 Å². The number of aryl methyl sites for hydroxylation is 1. The second kappa shape index (κ2) is 12.4. The van der Waals surface area contributed by atoms with E-state index in [1.54, 1.807) is 0 Å². The van der Waals surface area contributed by atoms with E-state index in [1.807, 2.05) is 32.3 Å². The van der Waals surface area contributed by atoms with Crippen LogP contribution in [0.3, 0.4) is 0 Å². The molecule has 0 aromatic heterocycles. The van der Waals surface area contributed by atoms with E-state index < -0.39 is 0 Å². The van der Waals surface area contributed by atoms with Crippen LogP contribution in [0.15, 0.2) is 29.3 Å². The van der Waals surface area contributed by atoms with Gasteiger partial charge in [-0.2, -0.15) is 0 Å². The molecule has 0 unspecified atom stereocenters. The van der Waals surface area contributed by atoms with Gasteiger partial charge in [-0.3, -0.25) is 4.99 Å². The van der Waals surface area contributed by atoms with Gasteiger partial charge < -0.3 is 19.7 Å². The molecule has 142 valence electrons. The van der Waals surface area contributed by atoms with Gasteiger partial charge in [0.25, 0.3) is 0 Å². The van der Waals surface area contributed by atoms with Crippen LogP contribution in [0.25, 0.3) is 0 Å². The summed E-state index contributed by atoms with van der Waals surface area (Å²) in [5.41, 5.74) is 1.17. The molecule has 0 aliphatic heterocycles. The zero-order valence-electron chi connectivity index (χ0n) is 15.7. The van der Waals surface area contributed by atoms with Crippen LogP contribution in [0.1, 0.15) is 24.8 Å². The Balaban J connectivity index is 0.00000312. The van der Waals surface area contributed by atoms with Crippen molar-refractivity contribution in [1.29, 1.82) is 0 Å².